The van der Waals surface area contributed by atoms with E-state index in [-0.39, 0.29) is 18.6 Å². The van der Waals surface area contributed by atoms with Gasteiger partial charge in [-0.15, -0.1) is 6.58 Å². The summed E-state index contributed by atoms with van der Waals surface area (Å²) >= 11 is 0. The highest BCUT2D eigenvalue weighted by atomic mass is 16.5. The van der Waals surface area contributed by atoms with Gasteiger partial charge in [0.1, 0.15) is 0 Å². The molecule has 5 nitrogen and oxygen atoms in total. The summed E-state index contributed by atoms with van der Waals surface area (Å²) in [4.78, 5) is 11.8. The van der Waals surface area contributed by atoms with E-state index in [0.29, 0.717) is 11.5 Å². The molecule has 1 aliphatic rings. The van der Waals surface area contributed by atoms with Crippen molar-refractivity contribution < 1.29 is 14.3 Å². The van der Waals surface area contributed by atoms with Gasteiger partial charge in [-0.1, -0.05) is 12.1 Å². The van der Waals surface area contributed by atoms with Gasteiger partial charge in [0.05, 0.1) is 7.11 Å². The van der Waals surface area contributed by atoms with E-state index in [0.717, 1.165) is 31.5 Å². The van der Waals surface area contributed by atoms with Gasteiger partial charge in [0.15, 0.2) is 18.1 Å². The summed E-state index contributed by atoms with van der Waals surface area (Å²) in [6, 6.07) is 5.87. The Morgan fingerprint density at radius 3 is 3.05 bits per heavy atom. The van der Waals surface area contributed by atoms with Crippen molar-refractivity contribution in [2.45, 2.75) is 18.9 Å². The largest absolute Gasteiger partial charge is 0.493 e. The number of rotatable bonds is 7. The molecule has 1 heterocycles. The average molecular weight is 290 g/mol. The number of carbonyl (C=O) groups excluding carboxylic acids is 1. The highest BCUT2D eigenvalue weighted by Gasteiger charge is 2.17. The maximum absolute atomic E-state index is 11.8. The molecule has 0 saturated carbocycles. The summed E-state index contributed by atoms with van der Waals surface area (Å²) in [7, 11) is 1.59. The molecule has 114 valence electrons. The molecular weight excluding hydrogens is 268 g/mol. The van der Waals surface area contributed by atoms with Gasteiger partial charge in [-0.25, -0.2) is 0 Å². The Morgan fingerprint density at radius 1 is 1.52 bits per heavy atom. The number of benzene rings is 1. The van der Waals surface area contributed by atoms with Gasteiger partial charge in [-0.05, 0) is 37.1 Å². The van der Waals surface area contributed by atoms with Crippen molar-refractivity contribution in [2.75, 3.05) is 26.8 Å². The van der Waals surface area contributed by atoms with Gasteiger partial charge < -0.3 is 20.1 Å². The van der Waals surface area contributed by atoms with E-state index in [1.807, 2.05) is 24.3 Å². The monoisotopic (exact) mass is 290 g/mol. The summed E-state index contributed by atoms with van der Waals surface area (Å²) in [5.74, 6) is 1.09. The van der Waals surface area contributed by atoms with E-state index >= 15 is 0 Å². The van der Waals surface area contributed by atoms with Crippen LogP contribution in [0, 0.1) is 0 Å². The molecule has 21 heavy (non-hydrogen) atoms. The number of hydrogen-bond acceptors (Lipinski definition) is 4. The molecule has 0 radical (unpaired) electrons. The molecule has 1 atom stereocenters. The van der Waals surface area contributed by atoms with Gasteiger partial charge in [0, 0.05) is 12.6 Å². The molecule has 2 N–H and O–H groups in total. The van der Waals surface area contributed by atoms with Crippen molar-refractivity contribution in [3.8, 4) is 11.5 Å². The second-order valence-corrected chi connectivity index (χ2v) is 5.02. The maximum atomic E-state index is 11.8. The number of carbonyl (C=O) groups is 1. The lowest BCUT2D eigenvalue weighted by Crippen LogP contribution is -2.39. The smallest absolute Gasteiger partial charge is 0.258 e. The fourth-order valence-corrected chi connectivity index (χ4v) is 2.32. The molecule has 1 aliphatic heterocycles. The van der Waals surface area contributed by atoms with E-state index in [2.05, 4.69) is 17.2 Å². The Kier molecular flexibility index (Phi) is 5.63. The third-order valence-corrected chi connectivity index (χ3v) is 3.39. The van der Waals surface area contributed by atoms with Crippen molar-refractivity contribution in [1.29, 1.82) is 0 Å². The number of ether oxygens (including phenoxy) is 2. The first-order chi connectivity index (χ1) is 10.2. The quantitative estimate of drug-likeness (QED) is 0.743. The first-order valence-corrected chi connectivity index (χ1v) is 7.13. The molecule has 5 heteroatoms. The summed E-state index contributed by atoms with van der Waals surface area (Å²) in [6.45, 7) is 5.48. The average Bonchev–Trinajstić information content (AvgIpc) is 2.99. The van der Waals surface area contributed by atoms with Gasteiger partial charge >= 0.3 is 0 Å². The third-order valence-electron chi connectivity index (χ3n) is 3.39. The summed E-state index contributed by atoms with van der Waals surface area (Å²) < 4.78 is 10.8. The Morgan fingerprint density at radius 2 is 2.38 bits per heavy atom. The fraction of sp³-hybridized carbons (Fsp3) is 0.438. The SMILES string of the molecule is C=CCc1ccc(OCC(=O)NC2CCNC2)c(OC)c1. The number of allylic oxidation sites excluding steroid dienone is 1. The van der Waals surface area contributed by atoms with Crippen LogP contribution in [0.4, 0.5) is 0 Å². The van der Waals surface area contributed by atoms with Crippen LogP contribution in [0.3, 0.4) is 0 Å². The first kappa shape index (κ1) is 15.4. The first-order valence-electron chi connectivity index (χ1n) is 7.13. The van der Waals surface area contributed by atoms with Crippen LogP contribution >= 0.6 is 0 Å². The molecule has 1 unspecified atom stereocenters. The molecule has 1 aromatic rings. The zero-order chi connectivity index (χ0) is 15.1. The highest BCUT2D eigenvalue weighted by Crippen LogP contribution is 2.28. The van der Waals surface area contributed by atoms with Crippen LogP contribution in [0.5, 0.6) is 11.5 Å². The molecular formula is C16H22N2O3. The van der Waals surface area contributed by atoms with E-state index in [4.69, 9.17) is 9.47 Å². The van der Waals surface area contributed by atoms with Crippen LogP contribution in [-0.4, -0.2) is 38.8 Å². The standard InChI is InChI=1S/C16H22N2O3/c1-3-4-12-5-6-14(15(9-12)20-2)21-11-16(19)18-13-7-8-17-10-13/h3,5-6,9,13,17H,1,4,7-8,10-11H2,2H3,(H,18,19). The summed E-state index contributed by atoms with van der Waals surface area (Å²) in [6.07, 6.45) is 3.56. The highest BCUT2D eigenvalue weighted by molar-refractivity contribution is 5.78. The van der Waals surface area contributed by atoms with E-state index in [1.54, 1.807) is 7.11 Å². The molecule has 0 bridgehead atoms. The molecule has 2 rings (SSSR count). The van der Waals surface area contributed by atoms with Crippen LogP contribution in [0.1, 0.15) is 12.0 Å². The molecule has 0 spiro atoms. The zero-order valence-corrected chi connectivity index (χ0v) is 12.4. The molecule has 1 amide bonds. The Balaban J connectivity index is 1.89. The molecule has 0 aromatic heterocycles. The third kappa shape index (κ3) is 4.49. The number of hydrogen-bond donors (Lipinski definition) is 2. The molecule has 1 saturated heterocycles. The fourth-order valence-electron chi connectivity index (χ4n) is 2.32. The Bertz CT molecular complexity index is 496. The van der Waals surface area contributed by atoms with Crippen LogP contribution in [0.25, 0.3) is 0 Å². The van der Waals surface area contributed by atoms with Gasteiger partial charge in [-0.2, -0.15) is 0 Å². The second-order valence-electron chi connectivity index (χ2n) is 5.02. The van der Waals surface area contributed by atoms with E-state index < -0.39 is 0 Å². The normalized spacial score (nSPS) is 17.3. The predicted octanol–water partition coefficient (Wildman–Crippen LogP) is 1.28. The lowest BCUT2D eigenvalue weighted by Gasteiger charge is -2.14. The summed E-state index contributed by atoms with van der Waals surface area (Å²) in [5.41, 5.74) is 1.09. The van der Waals surface area contributed by atoms with Crippen LogP contribution < -0.4 is 20.1 Å². The van der Waals surface area contributed by atoms with Crippen molar-refractivity contribution in [3.63, 3.8) is 0 Å². The van der Waals surface area contributed by atoms with Crippen molar-refractivity contribution in [1.82, 2.24) is 10.6 Å². The maximum Gasteiger partial charge on any atom is 0.258 e. The lowest BCUT2D eigenvalue weighted by atomic mass is 10.1. The van der Waals surface area contributed by atoms with Gasteiger partial charge in [-0.3, -0.25) is 4.79 Å². The van der Waals surface area contributed by atoms with E-state index in [1.165, 1.54) is 0 Å². The number of nitrogens with one attached hydrogen (secondary N) is 2. The van der Waals surface area contributed by atoms with Gasteiger partial charge in [0.25, 0.3) is 5.91 Å². The minimum Gasteiger partial charge on any atom is -0.493 e. The van der Waals surface area contributed by atoms with Gasteiger partial charge in [0.2, 0.25) is 0 Å². The topological polar surface area (TPSA) is 59.6 Å². The second kappa shape index (κ2) is 7.69. The van der Waals surface area contributed by atoms with E-state index in [9.17, 15) is 4.79 Å². The minimum atomic E-state index is -0.110. The van der Waals surface area contributed by atoms with Crippen molar-refractivity contribution in [3.05, 3.63) is 36.4 Å². The Hall–Kier alpha value is -2.01. The van der Waals surface area contributed by atoms with Crippen molar-refractivity contribution >= 4 is 5.91 Å². The number of methoxy groups -OCH3 is 1. The van der Waals surface area contributed by atoms with Crippen LogP contribution in [-0.2, 0) is 11.2 Å². The summed E-state index contributed by atoms with van der Waals surface area (Å²) in [5, 5.41) is 6.14. The van der Waals surface area contributed by atoms with Crippen LogP contribution in [0.15, 0.2) is 30.9 Å². The molecule has 1 aromatic carbocycles. The minimum absolute atomic E-state index is 0.00628. The molecule has 0 aliphatic carbocycles. The lowest BCUT2D eigenvalue weighted by molar-refractivity contribution is -0.123. The molecule has 1 fully saturated rings. The predicted molar refractivity (Wildman–Crippen MR) is 81.8 cm³/mol. The van der Waals surface area contributed by atoms with Crippen LogP contribution in [0.2, 0.25) is 0 Å². The zero-order valence-electron chi connectivity index (χ0n) is 12.4. The number of amides is 1. The van der Waals surface area contributed by atoms with Crippen molar-refractivity contribution in [2.24, 2.45) is 0 Å². The Labute approximate surface area is 125 Å².